The molecule has 0 aliphatic carbocycles. The Bertz CT molecular complexity index is 389. The van der Waals surface area contributed by atoms with E-state index in [-0.39, 0.29) is 5.91 Å². The first-order chi connectivity index (χ1) is 8.04. The van der Waals surface area contributed by atoms with Crippen LogP contribution in [0.5, 0.6) is 5.75 Å². The third-order valence-corrected chi connectivity index (χ3v) is 2.56. The molecule has 0 atom stereocenters. The van der Waals surface area contributed by atoms with Crippen molar-refractivity contribution in [3.8, 4) is 5.75 Å². The van der Waals surface area contributed by atoms with Gasteiger partial charge in [0.1, 0.15) is 5.75 Å². The van der Waals surface area contributed by atoms with E-state index in [9.17, 15) is 4.79 Å². The van der Waals surface area contributed by atoms with Gasteiger partial charge >= 0.3 is 0 Å². The summed E-state index contributed by atoms with van der Waals surface area (Å²) in [6.45, 7) is 4.63. The maximum absolute atomic E-state index is 11.3. The molecular formula is C13H20N2O2. The number of amides is 1. The molecule has 1 rings (SSSR count). The van der Waals surface area contributed by atoms with Crippen molar-refractivity contribution >= 4 is 5.91 Å². The molecule has 17 heavy (non-hydrogen) atoms. The Kier molecular flexibility index (Phi) is 4.97. The molecule has 0 bridgehead atoms. The number of aryl methyl sites for hydroxylation is 2. The zero-order valence-corrected chi connectivity index (χ0v) is 10.7. The maximum atomic E-state index is 11.3. The van der Waals surface area contributed by atoms with Crippen LogP contribution in [0.1, 0.15) is 24.5 Å². The molecule has 0 radical (unpaired) electrons. The van der Waals surface area contributed by atoms with Gasteiger partial charge in [0, 0.05) is 13.5 Å². The van der Waals surface area contributed by atoms with Gasteiger partial charge in [0.25, 0.3) is 0 Å². The zero-order valence-electron chi connectivity index (χ0n) is 10.7. The molecule has 0 fully saturated rings. The van der Waals surface area contributed by atoms with Crippen molar-refractivity contribution in [2.75, 3.05) is 13.7 Å². The highest BCUT2D eigenvalue weighted by Gasteiger charge is 2.06. The van der Waals surface area contributed by atoms with Crippen LogP contribution in [0.2, 0.25) is 0 Å². The normalized spacial score (nSPS) is 10.1. The molecule has 0 spiro atoms. The van der Waals surface area contributed by atoms with E-state index in [4.69, 9.17) is 10.6 Å². The number of nitrogens with zero attached hydrogens (tertiary/aromatic N) is 1. The monoisotopic (exact) mass is 236 g/mol. The Balaban J connectivity index is 2.61. The minimum atomic E-state index is -0.0588. The first kappa shape index (κ1) is 13.5. The fourth-order valence-electron chi connectivity index (χ4n) is 1.61. The highest BCUT2D eigenvalue weighted by atomic mass is 16.5. The summed E-state index contributed by atoms with van der Waals surface area (Å²) >= 11 is 0. The van der Waals surface area contributed by atoms with Gasteiger partial charge in [-0.05, 0) is 37.5 Å². The van der Waals surface area contributed by atoms with Crippen LogP contribution in [0.3, 0.4) is 0 Å². The molecule has 0 aliphatic rings. The van der Waals surface area contributed by atoms with Crippen molar-refractivity contribution in [1.82, 2.24) is 5.01 Å². The number of carbonyl (C=O) groups is 1. The van der Waals surface area contributed by atoms with Crippen LogP contribution in [-0.4, -0.2) is 24.6 Å². The topological polar surface area (TPSA) is 55.6 Å². The van der Waals surface area contributed by atoms with Crippen molar-refractivity contribution in [2.24, 2.45) is 5.84 Å². The molecule has 0 heterocycles. The van der Waals surface area contributed by atoms with Crippen LogP contribution in [0.15, 0.2) is 18.2 Å². The highest BCUT2D eigenvalue weighted by Crippen LogP contribution is 2.19. The molecule has 0 aromatic heterocycles. The van der Waals surface area contributed by atoms with Crippen LogP contribution >= 0.6 is 0 Å². The zero-order chi connectivity index (χ0) is 12.8. The Morgan fingerprint density at radius 3 is 2.71 bits per heavy atom. The first-order valence-corrected chi connectivity index (χ1v) is 5.78. The van der Waals surface area contributed by atoms with E-state index in [1.165, 1.54) is 0 Å². The Labute approximate surface area is 102 Å². The molecule has 4 nitrogen and oxygen atoms in total. The van der Waals surface area contributed by atoms with Crippen LogP contribution in [0.4, 0.5) is 0 Å². The second-order valence-corrected chi connectivity index (χ2v) is 4.04. The number of carbonyl (C=O) groups excluding carboxylic acids is 1. The van der Waals surface area contributed by atoms with Gasteiger partial charge in [0.15, 0.2) is 0 Å². The number of ether oxygens (including phenoxy) is 1. The van der Waals surface area contributed by atoms with E-state index in [2.05, 4.69) is 6.07 Å². The maximum Gasteiger partial charge on any atom is 0.236 e. The Morgan fingerprint density at radius 1 is 1.47 bits per heavy atom. The molecule has 0 aliphatic heterocycles. The highest BCUT2D eigenvalue weighted by molar-refractivity contribution is 5.75. The third-order valence-electron chi connectivity index (χ3n) is 2.56. The molecule has 94 valence electrons. The molecule has 4 heteroatoms. The van der Waals surface area contributed by atoms with E-state index in [1.54, 1.807) is 7.05 Å². The average molecular weight is 236 g/mol. The lowest BCUT2D eigenvalue weighted by Gasteiger charge is -2.11. The van der Waals surface area contributed by atoms with Gasteiger partial charge in [-0.2, -0.15) is 0 Å². The Hall–Kier alpha value is -1.55. The smallest absolute Gasteiger partial charge is 0.236 e. The molecule has 0 saturated carbocycles. The molecule has 2 N–H and O–H groups in total. The van der Waals surface area contributed by atoms with Crippen LogP contribution < -0.4 is 10.6 Å². The third kappa shape index (κ3) is 4.07. The van der Waals surface area contributed by atoms with Crippen molar-refractivity contribution in [1.29, 1.82) is 0 Å². The van der Waals surface area contributed by atoms with E-state index in [0.29, 0.717) is 19.4 Å². The van der Waals surface area contributed by atoms with Gasteiger partial charge in [0.2, 0.25) is 5.91 Å². The van der Waals surface area contributed by atoms with E-state index >= 15 is 0 Å². The van der Waals surface area contributed by atoms with E-state index in [1.807, 2.05) is 26.0 Å². The summed E-state index contributed by atoms with van der Waals surface area (Å²) in [6.07, 6.45) is 1.13. The minimum Gasteiger partial charge on any atom is -0.494 e. The molecular weight excluding hydrogens is 216 g/mol. The van der Waals surface area contributed by atoms with Gasteiger partial charge in [-0.3, -0.25) is 9.80 Å². The quantitative estimate of drug-likeness (QED) is 0.480. The van der Waals surface area contributed by atoms with Crippen LogP contribution in [0.25, 0.3) is 0 Å². The number of rotatable bonds is 5. The van der Waals surface area contributed by atoms with Gasteiger partial charge in [-0.15, -0.1) is 0 Å². The summed E-state index contributed by atoms with van der Waals surface area (Å²) in [5.74, 6) is 6.20. The predicted molar refractivity (Wildman–Crippen MR) is 67.6 cm³/mol. The lowest BCUT2D eigenvalue weighted by molar-refractivity contribution is -0.130. The fraction of sp³-hybridized carbons (Fsp3) is 0.462. The summed E-state index contributed by atoms with van der Waals surface area (Å²) in [6, 6.07) is 5.99. The summed E-state index contributed by atoms with van der Waals surface area (Å²) < 4.78 is 5.46. The number of hydrogen-bond donors (Lipinski definition) is 1. The van der Waals surface area contributed by atoms with Crippen LogP contribution in [-0.2, 0) is 11.2 Å². The summed E-state index contributed by atoms with van der Waals surface area (Å²) in [5.41, 5.74) is 2.22. The number of hydrazine groups is 1. The molecule has 0 unspecified atom stereocenters. The second kappa shape index (κ2) is 6.25. The Morgan fingerprint density at radius 2 is 2.18 bits per heavy atom. The van der Waals surface area contributed by atoms with Crippen molar-refractivity contribution in [3.63, 3.8) is 0 Å². The molecule has 1 amide bonds. The van der Waals surface area contributed by atoms with Crippen LogP contribution in [0, 0.1) is 6.92 Å². The van der Waals surface area contributed by atoms with Gasteiger partial charge in [-0.1, -0.05) is 12.1 Å². The summed E-state index contributed by atoms with van der Waals surface area (Å²) in [5, 5.41) is 1.13. The molecule has 1 aromatic carbocycles. The number of hydrogen-bond acceptors (Lipinski definition) is 3. The number of benzene rings is 1. The van der Waals surface area contributed by atoms with Gasteiger partial charge in [-0.25, -0.2) is 5.84 Å². The average Bonchev–Trinajstić information content (AvgIpc) is 2.29. The van der Waals surface area contributed by atoms with Gasteiger partial charge < -0.3 is 4.74 Å². The minimum absolute atomic E-state index is 0.0588. The van der Waals surface area contributed by atoms with Crippen molar-refractivity contribution < 1.29 is 9.53 Å². The lowest BCUT2D eigenvalue weighted by atomic mass is 10.1. The molecule has 1 aromatic rings. The standard InChI is InChI=1S/C13H20N2O2/c1-4-17-12-7-5-11(9-10(12)2)6-8-13(16)15(3)14/h5,7,9H,4,6,8,14H2,1-3H3. The van der Waals surface area contributed by atoms with E-state index < -0.39 is 0 Å². The van der Waals surface area contributed by atoms with E-state index in [0.717, 1.165) is 21.9 Å². The fourth-order valence-corrected chi connectivity index (χ4v) is 1.61. The lowest BCUT2D eigenvalue weighted by Crippen LogP contribution is -2.33. The van der Waals surface area contributed by atoms with Gasteiger partial charge in [0.05, 0.1) is 6.61 Å². The molecule has 0 saturated heterocycles. The van der Waals surface area contributed by atoms with Crippen molar-refractivity contribution in [2.45, 2.75) is 26.7 Å². The second-order valence-electron chi connectivity index (χ2n) is 4.04. The predicted octanol–water partition coefficient (Wildman–Crippen LogP) is 1.66. The summed E-state index contributed by atoms with van der Waals surface area (Å²) in [4.78, 5) is 11.3. The largest absolute Gasteiger partial charge is 0.494 e. The van der Waals surface area contributed by atoms with Crippen molar-refractivity contribution in [3.05, 3.63) is 29.3 Å². The summed E-state index contributed by atoms with van der Waals surface area (Å²) in [7, 11) is 1.56. The first-order valence-electron chi connectivity index (χ1n) is 5.78. The SMILES string of the molecule is CCOc1ccc(CCC(=O)N(C)N)cc1C. The number of nitrogens with two attached hydrogens (primary N) is 1.